The van der Waals surface area contributed by atoms with Gasteiger partial charge in [0.1, 0.15) is 6.04 Å². The van der Waals surface area contributed by atoms with Gasteiger partial charge in [-0.2, -0.15) is 10.2 Å². The molecule has 2 heterocycles. The molecule has 8 heteroatoms. The summed E-state index contributed by atoms with van der Waals surface area (Å²) in [6, 6.07) is 11.1. The van der Waals surface area contributed by atoms with Gasteiger partial charge in [-0.3, -0.25) is 14.3 Å². The molecule has 8 nitrogen and oxygen atoms in total. The molecule has 146 valence electrons. The molecule has 0 aliphatic rings. The molecule has 0 saturated carbocycles. The van der Waals surface area contributed by atoms with E-state index in [2.05, 4.69) is 10.2 Å². The van der Waals surface area contributed by atoms with E-state index in [1.165, 1.54) is 4.90 Å². The molecular weight excluding hydrogens is 356 g/mol. The monoisotopic (exact) mass is 380 g/mol. The molecule has 0 N–H and O–H groups in total. The maximum absolute atomic E-state index is 12.5. The second-order valence-electron chi connectivity index (χ2n) is 6.73. The zero-order chi connectivity index (χ0) is 20.1. The molecule has 1 aromatic carbocycles. The summed E-state index contributed by atoms with van der Waals surface area (Å²) in [4.78, 5) is 28.1. The number of para-hydroxylation sites is 1. The quantitative estimate of drug-likeness (QED) is 0.626. The Morgan fingerprint density at radius 2 is 1.82 bits per heavy atom. The lowest BCUT2D eigenvalue weighted by molar-refractivity contribution is -0.140. The van der Waals surface area contributed by atoms with Crippen molar-refractivity contribution in [2.75, 3.05) is 20.6 Å². The fourth-order valence-corrected chi connectivity index (χ4v) is 2.87. The molecule has 0 fully saturated rings. The van der Waals surface area contributed by atoms with Crippen LogP contribution in [0.1, 0.15) is 18.5 Å². The lowest BCUT2D eigenvalue weighted by Gasteiger charge is -2.24. The number of hydrogen-bond donors (Lipinski definition) is 0. The van der Waals surface area contributed by atoms with Crippen LogP contribution >= 0.6 is 0 Å². The zero-order valence-electron chi connectivity index (χ0n) is 16.3. The molecule has 0 aliphatic heterocycles. The van der Waals surface area contributed by atoms with E-state index in [4.69, 9.17) is 0 Å². The summed E-state index contributed by atoms with van der Waals surface area (Å²) in [5.41, 5.74) is 1.87. The molecule has 3 rings (SSSR count). The minimum Gasteiger partial charge on any atom is -0.340 e. The van der Waals surface area contributed by atoms with Crippen LogP contribution in [0.15, 0.2) is 61.2 Å². The first-order chi connectivity index (χ1) is 13.5. The summed E-state index contributed by atoms with van der Waals surface area (Å²) in [6.45, 7) is 2.19. The SMILES string of the molecule is CC(C(=O)N(C)CC(=O)N(C)Cc1cnn(-c2ccccc2)c1)n1cccn1. The van der Waals surface area contributed by atoms with Crippen LogP contribution < -0.4 is 0 Å². The first-order valence-electron chi connectivity index (χ1n) is 9.02. The van der Waals surface area contributed by atoms with Gasteiger partial charge in [0.05, 0.1) is 18.4 Å². The number of aromatic nitrogens is 4. The van der Waals surface area contributed by atoms with Crippen molar-refractivity contribution in [3.63, 3.8) is 0 Å². The van der Waals surface area contributed by atoms with Crippen LogP contribution in [-0.2, 0) is 16.1 Å². The van der Waals surface area contributed by atoms with Gasteiger partial charge in [0.15, 0.2) is 0 Å². The van der Waals surface area contributed by atoms with Gasteiger partial charge >= 0.3 is 0 Å². The van der Waals surface area contributed by atoms with Gasteiger partial charge in [0.2, 0.25) is 11.8 Å². The first-order valence-corrected chi connectivity index (χ1v) is 9.02. The first kappa shape index (κ1) is 19.3. The average Bonchev–Trinajstić information content (AvgIpc) is 3.39. The van der Waals surface area contributed by atoms with Crippen molar-refractivity contribution in [1.29, 1.82) is 0 Å². The highest BCUT2D eigenvalue weighted by molar-refractivity contribution is 5.86. The third kappa shape index (κ3) is 4.46. The molecule has 28 heavy (non-hydrogen) atoms. The van der Waals surface area contributed by atoms with Crippen molar-refractivity contribution >= 4 is 11.8 Å². The maximum Gasteiger partial charge on any atom is 0.247 e. The van der Waals surface area contributed by atoms with Gasteiger partial charge in [0, 0.05) is 44.8 Å². The van der Waals surface area contributed by atoms with E-state index in [0.29, 0.717) is 6.54 Å². The molecule has 3 aromatic rings. The zero-order valence-corrected chi connectivity index (χ0v) is 16.3. The summed E-state index contributed by atoms with van der Waals surface area (Å²) in [5, 5.41) is 8.43. The molecule has 0 saturated heterocycles. The maximum atomic E-state index is 12.5. The summed E-state index contributed by atoms with van der Waals surface area (Å²) in [7, 11) is 3.35. The minimum absolute atomic E-state index is 0.00770. The number of carbonyl (C=O) groups excluding carboxylic acids is 2. The lowest BCUT2D eigenvalue weighted by atomic mass is 10.3. The van der Waals surface area contributed by atoms with E-state index >= 15 is 0 Å². The Kier molecular flexibility index (Phi) is 5.88. The Morgan fingerprint density at radius 1 is 1.07 bits per heavy atom. The van der Waals surface area contributed by atoms with Crippen LogP contribution in [0.4, 0.5) is 0 Å². The molecule has 0 aliphatic carbocycles. The van der Waals surface area contributed by atoms with E-state index in [9.17, 15) is 9.59 Å². The largest absolute Gasteiger partial charge is 0.340 e. The van der Waals surface area contributed by atoms with E-state index in [1.807, 2.05) is 36.5 Å². The third-order valence-corrected chi connectivity index (χ3v) is 4.53. The predicted molar refractivity (Wildman–Crippen MR) is 105 cm³/mol. The molecule has 0 spiro atoms. The van der Waals surface area contributed by atoms with E-state index in [1.54, 1.807) is 59.9 Å². The van der Waals surface area contributed by atoms with Crippen molar-refractivity contribution < 1.29 is 9.59 Å². The smallest absolute Gasteiger partial charge is 0.247 e. The Bertz CT molecular complexity index is 919. The van der Waals surface area contributed by atoms with E-state index < -0.39 is 6.04 Å². The van der Waals surface area contributed by atoms with Crippen LogP contribution in [0, 0.1) is 0 Å². The number of hydrogen-bond acceptors (Lipinski definition) is 4. The van der Waals surface area contributed by atoms with Crippen LogP contribution in [0.2, 0.25) is 0 Å². The molecule has 0 bridgehead atoms. The number of benzene rings is 1. The fraction of sp³-hybridized carbons (Fsp3) is 0.300. The molecule has 1 atom stereocenters. The Balaban J connectivity index is 1.56. The van der Waals surface area contributed by atoms with Crippen molar-refractivity contribution in [2.24, 2.45) is 0 Å². The van der Waals surface area contributed by atoms with Gasteiger partial charge < -0.3 is 9.80 Å². The molecule has 2 aromatic heterocycles. The van der Waals surface area contributed by atoms with Gasteiger partial charge in [-0.05, 0) is 25.1 Å². The lowest BCUT2D eigenvalue weighted by Crippen LogP contribution is -2.41. The highest BCUT2D eigenvalue weighted by Gasteiger charge is 2.22. The van der Waals surface area contributed by atoms with Crippen molar-refractivity contribution in [1.82, 2.24) is 29.4 Å². The third-order valence-electron chi connectivity index (χ3n) is 4.53. The molecule has 0 radical (unpaired) electrons. The molecule has 2 amide bonds. The highest BCUT2D eigenvalue weighted by Crippen LogP contribution is 2.10. The second-order valence-corrected chi connectivity index (χ2v) is 6.73. The standard InChI is InChI=1S/C20H24N6O2/c1-16(25-11-7-10-21-25)20(28)24(3)15-19(27)23(2)13-17-12-22-26(14-17)18-8-5-4-6-9-18/h4-12,14,16H,13,15H2,1-3H3. The van der Waals surface area contributed by atoms with Crippen LogP contribution in [0.5, 0.6) is 0 Å². The summed E-state index contributed by atoms with van der Waals surface area (Å²) in [5.74, 6) is -0.307. The topological polar surface area (TPSA) is 76.3 Å². The fourth-order valence-electron chi connectivity index (χ4n) is 2.87. The highest BCUT2D eigenvalue weighted by atomic mass is 16.2. The Labute approximate surface area is 164 Å². The molecule has 1 unspecified atom stereocenters. The van der Waals surface area contributed by atoms with Crippen molar-refractivity contribution in [2.45, 2.75) is 19.5 Å². The summed E-state index contributed by atoms with van der Waals surface area (Å²) in [6.07, 6.45) is 6.99. The predicted octanol–water partition coefficient (Wildman–Crippen LogP) is 1.75. The minimum atomic E-state index is -0.456. The average molecular weight is 380 g/mol. The number of nitrogens with zero attached hydrogens (tertiary/aromatic N) is 6. The van der Waals surface area contributed by atoms with Crippen LogP contribution in [0.25, 0.3) is 5.69 Å². The van der Waals surface area contributed by atoms with Gasteiger partial charge in [-0.15, -0.1) is 0 Å². The Hall–Kier alpha value is -3.42. The van der Waals surface area contributed by atoms with Crippen LogP contribution in [0.3, 0.4) is 0 Å². The number of likely N-dealkylation sites (N-methyl/N-ethyl adjacent to an activating group) is 2. The number of carbonyl (C=O) groups is 2. The normalized spacial score (nSPS) is 11.8. The van der Waals surface area contributed by atoms with Gasteiger partial charge in [-0.1, -0.05) is 18.2 Å². The van der Waals surface area contributed by atoms with Crippen molar-refractivity contribution in [3.05, 3.63) is 66.7 Å². The number of amides is 2. The molecular formula is C20H24N6O2. The second kappa shape index (κ2) is 8.51. The summed E-state index contributed by atoms with van der Waals surface area (Å²) < 4.78 is 3.35. The number of rotatable bonds is 7. The summed E-state index contributed by atoms with van der Waals surface area (Å²) >= 11 is 0. The van der Waals surface area contributed by atoms with Gasteiger partial charge in [-0.25, -0.2) is 4.68 Å². The van der Waals surface area contributed by atoms with Crippen molar-refractivity contribution in [3.8, 4) is 5.69 Å². The van der Waals surface area contributed by atoms with E-state index in [-0.39, 0.29) is 18.4 Å². The van der Waals surface area contributed by atoms with Crippen LogP contribution in [-0.4, -0.2) is 61.8 Å². The Morgan fingerprint density at radius 3 is 2.50 bits per heavy atom. The van der Waals surface area contributed by atoms with E-state index in [0.717, 1.165) is 11.3 Å². The van der Waals surface area contributed by atoms with Gasteiger partial charge in [0.25, 0.3) is 0 Å².